The molecule has 0 spiro atoms. The third kappa shape index (κ3) is 3.49. The zero-order valence-corrected chi connectivity index (χ0v) is 13.1. The molecule has 1 aliphatic rings. The summed E-state index contributed by atoms with van der Waals surface area (Å²) in [6.45, 7) is 0. The maximum atomic E-state index is 12.4. The molecule has 0 saturated heterocycles. The molecule has 2 N–H and O–H groups in total. The van der Waals surface area contributed by atoms with Crippen LogP contribution in [-0.2, 0) is 9.59 Å². The second-order valence-corrected chi connectivity index (χ2v) is 5.46. The SMILES string of the molecule is O=C1NC(=O)c2ccccc2/C1=C\c1cccc(NC(=O)C(F)(F)F)c1. The van der Waals surface area contributed by atoms with E-state index in [0.717, 1.165) is 0 Å². The van der Waals surface area contributed by atoms with Crippen LogP contribution in [0.5, 0.6) is 0 Å². The minimum absolute atomic E-state index is 0.0674. The number of imide groups is 1. The Morgan fingerprint density at radius 2 is 1.65 bits per heavy atom. The lowest BCUT2D eigenvalue weighted by Crippen LogP contribution is -2.36. The van der Waals surface area contributed by atoms with Crippen molar-refractivity contribution >= 4 is 35.1 Å². The van der Waals surface area contributed by atoms with Gasteiger partial charge in [0.25, 0.3) is 11.8 Å². The first-order chi connectivity index (χ1) is 12.3. The molecule has 8 heteroatoms. The van der Waals surface area contributed by atoms with Crippen LogP contribution in [0.25, 0.3) is 11.6 Å². The summed E-state index contributed by atoms with van der Waals surface area (Å²) in [5, 5.41) is 3.96. The zero-order valence-electron chi connectivity index (χ0n) is 13.1. The largest absolute Gasteiger partial charge is 0.471 e. The van der Waals surface area contributed by atoms with Crippen molar-refractivity contribution in [2.45, 2.75) is 6.18 Å². The summed E-state index contributed by atoms with van der Waals surface area (Å²) in [5.41, 5.74) is 1.26. The van der Waals surface area contributed by atoms with Crippen molar-refractivity contribution in [2.24, 2.45) is 0 Å². The number of halogens is 3. The van der Waals surface area contributed by atoms with E-state index in [1.54, 1.807) is 35.6 Å². The van der Waals surface area contributed by atoms with E-state index in [1.165, 1.54) is 24.3 Å². The molecule has 0 aromatic heterocycles. The number of nitrogens with one attached hydrogen (secondary N) is 2. The Morgan fingerprint density at radius 1 is 0.962 bits per heavy atom. The van der Waals surface area contributed by atoms with Crippen LogP contribution in [0, 0.1) is 0 Å². The van der Waals surface area contributed by atoms with Gasteiger partial charge in [0.05, 0.1) is 0 Å². The predicted octanol–water partition coefficient (Wildman–Crippen LogP) is 3.00. The average Bonchev–Trinajstić information content (AvgIpc) is 2.58. The lowest BCUT2D eigenvalue weighted by molar-refractivity contribution is -0.167. The van der Waals surface area contributed by atoms with E-state index < -0.39 is 23.9 Å². The van der Waals surface area contributed by atoms with Crippen LogP contribution in [-0.4, -0.2) is 23.9 Å². The molecule has 5 nitrogen and oxygen atoms in total. The van der Waals surface area contributed by atoms with Crippen LogP contribution < -0.4 is 10.6 Å². The first-order valence-corrected chi connectivity index (χ1v) is 7.41. The summed E-state index contributed by atoms with van der Waals surface area (Å²) >= 11 is 0. The average molecular weight is 360 g/mol. The Bertz CT molecular complexity index is 949. The lowest BCUT2D eigenvalue weighted by Gasteiger charge is -2.18. The van der Waals surface area contributed by atoms with Gasteiger partial charge in [0.1, 0.15) is 0 Å². The van der Waals surface area contributed by atoms with E-state index in [-0.39, 0.29) is 11.3 Å². The minimum atomic E-state index is -5.00. The standard InChI is InChI=1S/C18H11F3N2O3/c19-18(20,21)17(26)22-11-5-3-4-10(8-11)9-14-12-6-1-2-7-13(12)15(24)23-16(14)25/h1-9H,(H,22,26)(H,23,24,25)/b14-9+. The fourth-order valence-electron chi connectivity index (χ4n) is 2.49. The Labute approximate surface area is 145 Å². The number of hydrogen-bond acceptors (Lipinski definition) is 3. The lowest BCUT2D eigenvalue weighted by atomic mass is 9.93. The van der Waals surface area contributed by atoms with E-state index in [0.29, 0.717) is 16.7 Å². The van der Waals surface area contributed by atoms with Gasteiger partial charge in [-0.3, -0.25) is 19.7 Å². The first-order valence-electron chi connectivity index (χ1n) is 7.41. The van der Waals surface area contributed by atoms with Crippen molar-refractivity contribution in [2.75, 3.05) is 5.32 Å². The number of anilines is 1. The molecule has 0 atom stereocenters. The molecular weight excluding hydrogens is 349 g/mol. The van der Waals surface area contributed by atoms with Gasteiger partial charge in [0, 0.05) is 16.8 Å². The molecular formula is C18H11F3N2O3. The number of carbonyl (C=O) groups excluding carboxylic acids is 3. The number of carbonyl (C=O) groups is 3. The Balaban J connectivity index is 1.97. The molecule has 0 fully saturated rings. The summed E-state index contributed by atoms with van der Waals surface area (Å²) < 4.78 is 37.1. The molecule has 3 rings (SSSR count). The molecule has 26 heavy (non-hydrogen) atoms. The van der Waals surface area contributed by atoms with Crippen LogP contribution in [0.2, 0.25) is 0 Å². The van der Waals surface area contributed by atoms with E-state index in [9.17, 15) is 27.6 Å². The summed E-state index contributed by atoms with van der Waals surface area (Å²) in [6, 6.07) is 12.1. The molecule has 2 aromatic rings. The highest BCUT2D eigenvalue weighted by Gasteiger charge is 2.38. The van der Waals surface area contributed by atoms with Gasteiger partial charge >= 0.3 is 12.1 Å². The molecule has 0 radical (unpaired) electrons. The van der Waals surface area contributed by atoms with E-state index >= 15 is 0 Å². The highest BCUT2D eigenvalue weighted by Crippen LogP contribution is 2.27. The topological polar surface area (TPSA) is 75.3 Å². The van der Waals surface area contributed by atoms with Crippen LogP contribution >= 0.6 is 0 Å². The smallest absolute Gasteiger partial charge is 0.318 e. The van der Waals surface area contributed by atoms with E-state index in [4.69, 9.17) is 0 Å². The number of hydrogen-bond donors (Lipinski definition) is 2. The zero-order chi connectivity index (χ0) is 18.9. The van der Waals surface area contributed by atoms with Gasteiger partial charge in [-0.15, -0.1) is 0 Å². The monoisotopic (exact) mass is 360 g/mol. The Morgan fingerprint density at radius 3 is 2.35 bits per heavy atom. The van der Waals surface area contributed by atoms with Crippen molar-refractivity contribution in [3.8, 4) is 0 Å². The van der Waals surface area contributed by atoms with E-state index in [2.05, 4.69) is 5.32 Å². The summed E-state index contributed by atoms with van der Waals surface area (Å²) in [6.07, 6.45) is -3.57. The quantitative estimate of drug-likeness (QED) is 0.639. The molecule has 0 unspecified atom stereocenters. The molecule has 0 bridgehead atoms. The van der Waals surface area contributed by atoms with Gasteiger partial charge in [0.15, 0.2) is 0 Å². The van der Waals surface area contributed by atoms with Crippen LogP contribution in [0.4, 0.5) is 18.9 Å². The third-order valence-electron chi connectivity index (χ3n) is 3.65. The van der Waals surface area contributed by atoms with Gasteiger partial charge < -0.3 is 5.32 Å². The van der Waals surface area contributed by atoms with E-state index in [1.807, 2.05) is 0 Å². The second kappa shape index (κ2) is 6.47. The predicted molar refractivity (Wildman–Crippen MR) is 87.9 cm³/mol. The third-order valence-corrected chi connectivity index (χ3v) is 3.65. The second-order valence-electron chi connectivity index (χ2n) is 5.46. The molecule has 132 valence electrons. The van der Waals surface area contributed by atoms with Gasteiger partial charge in [-0.2, -0.15) is 13.2 Å². The summed E-state index contributed by atoms with van der Waals surface area (Å²) in [5.74, 6) is -3.22. The molecule has 1 heterocycles. The number of alkyl halides is 3. The fourth-order valence-corrected chi connectivity index (χ4v) is 2.49. The Hall–Kier alpha value is -3.42. The van der Waals surface area contributed by atoms with Gasteiger partial charge in [-0.25, -0.2) is 0 Å². The number of amides is 3. The van der Waals surface area contributed by atoms with Crippen molar-refractivity contribution < 1.29 is 27.6 Å². The minimum Gasteiger partial charge on any atom is -0.318 e. The summed E-state index contributed by atoms with van der Waals surface area (Å²) in [7, 11) is 0. The van der Waals surface area contributed by atoms with Gasteiger partial charge in [0.2, 0.25) is 0 Å². The van der Waals surface area contributed by atoms with Gasteiger partial charge in [-0.1, -0.05) is 30.3 Å². The van der Waals surface area contributed by atoms with Crippen LogP contribution in [0.3, 0.4) is 0 Å². The Kier molecular flexibility index (Phi) is 4.33. The number of benzene rings is 2. The highest BCUT2D eigenvalue weighted by molar-refractivity contribution is 6.33. The fraction of sp³-hybridized carbons (Fsp3) is 0.0556. The molecule has 2 aromatic carbocycles. The summed E-state index contributed by atoms with van der Waals surface area (Å²) in [4.78, 5) is 35.0. The first kappa shape index (κ1) is 17.4. The molecule has 0 aliphatic carbocycles. The van der Waals surface area contributed by atoms with Crippen molar-refractivity contribution in [3.05, 3.63) is 65.2 Å². The van der Waals surface area contributed by atoms with Gasteiger partial charge in [-0.05, 0) is 35.4 Å². The van der Waals surface area contributed by atoms with Crippen LogP contribution in [0.15, 0.2) is 48.5 Å². The maximum absolute atomic E-state index is 12.4. The number of rotatable bonds is 2. The molecule has 1 aliphatic heterocycles. The maximum Gasteiger partial charge on any atom is 0.471 e. The van der Waals surface area contributed by atoms with Crippen molar-refractivity contribution in [1.29, 1.82) is 0 Å². The molecule has 0 saturated carbocycles. The van der Waals surface area contributed by atoms with Crippen LogP contribution in [0.1, 0.15) is 21.5 Å². The normalized spacial score (nSPS) is 15.4. The number of fused-ring (bicyclic) bond motifs is 1. The van der Waals surface area contributed by atoms with Crippen molar-refractivity contribution in [3.63, 3.8) is 0 Å². The van der Waals surface area contributed by atoms with Crippen molar-refractivity contribution in [1.82, 2.24) is 5.32 Å². The molecule has 3 amide bonds. The highest BCUT2D eigenvalue weighted by atomic mass is 19.4.